The Kier molecular flexibility index (Phi) is 16.4. The summed E-state index contributed by atoms with van der Waals surface area (Å²) in [4.78, 5) is 61.8. The lowest BCUT2D eigenvalue weighted by atomic mass is 10.1. The number of nitrogens with one attached hydrogen (secondary N) is 3. The van der Waals surface area contributed by atoms with E-state index in [0.717, 1.165) is 29.4 Å². The molecule has 2 saturated heterocycles. The minimum Gasteiger partial charge on any atom is -0.462 e. The standard InChI is InChI=1S/C20H20N4O4S.C18H17N5O4S.C8H10N2O4S/c1-2-28-19(25)15-10-21-20(22-11-15)24-12-16(13-24)23-29(26,27)18-9-5-7-14-6-3-4-8-17(14)18;24-17(21-25)13-8-19-18(20-9-13)23-10-14(11-23)22-28(26,27)16-7-3-5-12-4-1-2-6-15(12)16;1-3-14-7(11)6-4-9-8(10-5-6)15(2,12)13/h3-11,16,23H,2,12-13H2,1H3;1-9,14,22,25H,10-11H2,(H,21,24);4-5H,3H2,1-2H3. The molecule has 2 aliphatic rings. The Morgan fingerprint density at radius 2 is 0.917 bits per heavy atom. The number of esters is 2. The van der Waals surface area contributed by atoms with Crippen LogP contribution >= 0.6 is 0 Å². The van der Waals surface area contributed by atoms with E-state index in [1.165, 1.54) is 30.3 Å². The fourth-order valence-electron chi connectivity index (χ4n) is 7.16. The molecule has 0 radical (unpaired) electrons. The number of ether oxygens (including phenoxy) is 2. The molecule has 7 aromatic rings. The molecule has 4 N–H and O–H groups in total. The van der Waals surface area contributed by atoms with Crippen LogP contribution in [0.2, 0.25) is 0 Å². The molecule has 2 fully saturated rings. The number of fused-ring (bicyclic) bond motifs is 2. The molecule has 0 saturated carbocycles. The highest BCUT2D eigenvalue weighted by Crippen LogP contribution is 2.26. The molecule has 5 heterocycles. The number of hydrogen-bond acceptors (Lipinski definition) is 20. The van der Waals surface area contributed by atoms with Crippen molar-refractivity contribution >= 4 is 81.2 Å². The molecule has 0 bridgehead atoms. The zero-order chi connectivity index (χ0) is 51.6. The van der Waals surface area contributed by atoms with Gasteiger partial charge in [0.25, 0.3) is 5.91 Å². The highest BCUT2D eigenvalue weighted by molar-refractivity contribution is 7.90. The van der Waals surface area contributed by atoms with Crippen LogP contribution in [0.3, 0.4) is 0 Å². The molecule has 0 atom stereocenters. The van der Waals surface area contributed by atoms with Crippen molar-refractivity contribution < 1.29 is 54.3 Å². The minimum atomic E-state index is -3.67. The molecule has 0 unspecified atom stereocenters. The van der Waals surface area contributed by atoms with Gasteiger partial charge in [0, 0.05) is 80.4 Å². The number of amides is 1. The van der Waals surface area contributed by atoms with Crippen LogP contribution in [0.15, 0.2) is 137 Å². The molecule has 26 heteroatoms. The average Bonchev–Trinajstić information content (AvgIpc) is 3.36. The van der Waals surface area contributed by atoms with Crippen LogP contribution in [-0.4, -0.2) is 136 Å². The van der Waals surface area contributed by atoms with Crippen molar-refractivity contribution in [1.29, 1.82) is 0 Å². The van der Waals surface area contributed by atoms with Gasteiger partial charge in [0.15, 0.2) is 0 Å². The highest BCUT2D eigenvalue weighted by atomic mass is 32.2. The van der Waals surface area contributed by atoms with Crippen molar-refractivity contribution in [2.24, 2.45) is 0 Å². The molecule has 0 aliphatic carbocycles. The van der Waals surface area contributed by atoms with Crippen molar-refractivity contribution in [1.82, 2.24) is 44.8 Å². The van der Waals surface area contributed by atoms with Crippen LogP contribution in [0.1, 0.15) is 44.9 Å². The van der Waals surface area contributed by atoms with Crippen LogP contribution in [-0.2, 0) is 39.4 Å². The topological polar surface area (TPSA) is 312 Å². The van der Waals surface area contributed by atoms with Gasteiger partial charge in [0.1, 0.15) is 0 Å². The molecule has 0 spiro atoms. The van der Waals surface area contributed by atoms with Gasteiger partial charge in [-0.3, -0.25) is 10.0 Å². The summed E-state index contributed by atoms with van der Waals surface area (Å²) in [7, 11) is -10.8. The summed E-state index contributed by atoms with van der Waals surface area (Å²) < 4.78 is 88.4. The van der Waals surface area contributed by atoms with Gasteiger partial charge < -0.3 is 19.3 Å². The van der Waals surface area contributed by atoms with E-state index in [0.29, 0.717) is 48.8 Å². The quantitative estimate of drug-likeness (QED) is 0.0527. The second-order valence-electron chi connectivity index (χ2n) is 15.9. The zero-order valence-electron chi connectivity index (χ0n) is 38.7. The fraction of sp³-hybridized carbons (Fsp3) is 0.239. The first kappa shape index (κ1) is 52.2. The molecular formula is C46H47N11O12S3. The first-order chi connectivity index (χ1) is 34.4. The molecule has 2 aliphatic heterocycles. The van der Waals surface area contributed by atoms with Crippen LogP contribution < -0.4 is 24.7 Å². The van der Waals surface area contributed by atoms with E-state index in [1.54, 1.807) is 55.1 Å². The zero-order valence-corrected chi connectivity index (χ0v) is 41.1. The van der Waals surface area contributed by atoms with E-state index in [9.17, 15) is 39.6 Å². The number of sulfonamides is 2. The van der Waals surface area contributed by atoms with Crippen LogP contribution in [0.25, 0.3) is 21.5 Å². The van der Waals surface area contributed by atoms with Crippen LogP contribution in [0, 0.1) is 0 Å². The maximum atomic E-state index is 12.9. The number of hydrogen-bond donors (Lipinski definition) is 4. The van der Waals surface area contributed by atoms with Crippen molar-refractivity contribution in [2.45, 2.75) is 40.9 Å². The maximum absolute atomic E-state index is 12.9. The maximum Gasteiger partial charge on any atom is 0.341 e. The SMILES string of the molecule is CCOC(=O)c1cnc(N2CC(NS(=O)(=O)c3cccc4ccccc34)C2)nc1.CCOC(=O)c1cnc(S(C)(=O)=O)nc1.O=C(NO)c1cnc(N2CC(NS(=O)(=O)c3cccc4ccccc34)C2)nc1. The number of nitrogens with zero attached hydrogens (tertiary/aromatic N) is 8. The summed E-state index contributed by atoms with van der Waals surface area (Å²) in [6, 6.07) is 24.6. The third-order valence-corrected chi connectivity index (χ3v) is 14.7. The lowest BCUT2D eigenvalue weighted by Crippen LogP contribution is -2.59. The molecule has 3 aromatic heterocycles. The smallest absolute Gasteiger partial charge is 0.341 e. The summed E-state index contributed by atoms with van der Waals surface area (Å²) in [5.74, 6) is -0.912. The molecule has 9 rings (SSSR count). The number of aromatic nitrogens is 6. The number of benzene rings is 4. The van der Waals surface area contributed by atoms with Crippen LogP contribution in [0.5, 0.6) is 0 Å². The Balaban J connectivity index is 0.000000167. The Labute approximate surface area is 413 Å². The van der Waals surface area contributed by atoms with Gasteiger partial charge in [0.05, 0.1) is 51.8 Å². The van der Waals surface area contributed by atoms with Gasteiger partial charge in [-0.1, -0.05) is 72.8 Å². The largest absolute Gasteiger partial charge is 0.462 e. The first-order valence-electron chi connectivity index (χ1n) is 21.9. The molecule has 1 amide bonds. The number of sulfone groups is 1. The molecule has 72 heavy (non-hydrogen) atoms. The molecule has 376 valence electrons. The lowest BCUT2D eigenvalue weighted by Gasteiger charge is -2.39. The number of hydroxylamine groups is 1. The number of carbonyl (C=O) groups excluding carboxylic acids is 3. The van der Waals surface area contributed by atoms with Crippen molar-refractivity contribution in [2.75, 3.05) is 55.4 Å². The predicted molar refractivity (Wildman–Crippen MR) is 261 cm³/mol. The number of anilines is 2. The molecule has 4 aromatic carbocycles. The normalized spacial score (nSPS) is 13.9. The van der Waals surface area contributed by atoms with Gasteiger partial charge >= 0.3 is 11.9 Å². The monoisotopic (exact) mass is 1040 g/mol. The Hall–Kier alpha value is -7.62. The first-order valence-corrected chi connectivity index (χ1v) is 26.7. The predicted octanol–water partition coefficient (Wildman–Crippen LogP) is 2.95. The van der Waals surface area contributed by atoms with E-state index in [-0.39, 0.29) is 56.9 Å². The third-order valence-electron chi connectivity index (χ3n) is 10.7. The molecule has 23 nitrogen and oxygen atoms in total. The fourth-order valence-corrected chi connectivity index (χ4v) is 10.5. The second kappa shape index (κ2) is 22.6. The Morgan fingerprint density at radius 1 is 0.556 bits per heavy atom. The average molecular weight is 1040 g/mol. The van der Waals surface area contributed by atoms with Gasteiger partial charge in [-0.2, -0.15) is 0 Å². The van der Waals surface area contributed by atoms with Gasteiger partial charge in [-0.05, 0) is 36.8 Å². The molecular weight excluding hydrogens is 995 g/mol. The van der Waals surface area contributed by atoms with Gasteiger partial charge in [0.2, 0.25) is 46.9 Å². The summed E-state index contributed by atoms with van der Waals surface area (Å²) in [5, 5.41) is 11.4. The second-order valence-corrected chi connectivity index (χ2v) is 21.1. The van der Waals surface area contributed by atoms with E-state index in [2.05, 4.69) is 44.1 Å². The van der Waals surface area contributed by atoms with Crippen LogP contribution in [0.4, 0.5) is 11.9 Å². The van der Waals surface area contributed by atoms with Crippen molar-refractivity contribution in [3.8, 4) is 0 Å². The van der Waals surface area contributed by atoms with E-state index < -0.39 is 47.7 Å². The van der Waals surface area contributed by atoms with E-state index in [1.807, 2.05) is 53.4 Å². The van der Waals surface area contributed by atoms with Crippen molar-refractivity contribution in [3.05, 3.63) is 139 Å². The third kappa shape index (κ3) is 12.6. The summed E-state index contributed by atoms with van der Waals surface area (Å²) in [6.45, 7) is 5.64. The van der Waals surface area contributed by atoms with E-state index >= 15 is 0 Å². The minimum absolute atomic E-state index is 0.125. The Bertz CT molecular complexity index is 3410. The summed E-state index contributed by atoms with van der Waals surface area (Å²) in [5.41, 5.74) is 2.05. The number of rotatable bonds is 14. The summed E-state index contributed by atoms with van der Waals surface area (Å²) >= 11 is 0. The number of carbonyl (C=O) groups is 3. The van der Waals surface area contributed by atoms with Crippen molar-refractivity contribution in [3.63, 3.8) is 0 Å². The summed E-state index contributed by atoms with van der Waals surface area (Å²) in [6.07, 6.45) is 8.65. The lowest BCUT2D eigenvalue weighted by molar-refractivity contribution is 0.0515. The van der Waals surface area contributed by atoms with E-state index in [4.69, 9.17) is 9.94 Å². The highest BCUT2D eigenvalue weighted by Gasteiger charge is 2.34. The van der Waals surface area contributed by atoms with Gasteiger partial charge in [-0.25, -0.2) is 79.7 Å². The van der Waals surface area contributed by atoms with Gasteiger partial charge in [-0.15, -0.1) is 0 Å². The Morgan fingerprint density at radius 3 is 1.29 bits per heavy atom.